The third kappa shape index (κ3) is 2.78. The number of fused-ring (bicyclic) bond motifs is 1. The number of nitrogens with zero attached hydrogens (tertiary/aromatic N) is 2. The summed E-state index contributed by atoms with van der Waals surface area (Å²) < 4.78 is 11.0. The Bertz CT molecular complexity index is 909. The summed E-state index contributed by atoms with van der Waals surface area (Å²) in [6.07, 6.45) is 2.63. The van der Waals surface area contributed by atoms with Crippen molar-refractivity contribution in [3.63, 3.8) is 0 Å². The van der Waals surface area contributed by atoms with E-state index in [0.29, 0.717) is 10.8 Å². The Morgan fingerprint density at radius 1 is 1.08 bits per heavy atom. The van der Waals surface area contributed by atoms with Crippen LogP contribution in [-0.4, -0.2) is 24.2 Å². The van der Waals surface area contributed by atoms with Gasteiger partial charge >= 0.3 is 0 Å². The van der Waals surface area contributed by atoms with Gasteiger partial charge in [-0.15, -0.1) is 0 Å². The molecule has 0 atom stereocenters. The van der Waals surface area contributed by atoms with Crippen LogP contribution in [0.2, 0.25) is 5.02 Å². The summed E-state index contributed by atoms with van der Waals surface area (Å²) in [5.41, 5.74) is 3.89. The molecule has 0 aliphatic heterocycles. The predicted octanol–water partition coefficient (Wildman–Crippen LogP) is 4.84. The molecule has 3 rings (SSSR count). The van der Waals surface area contributed by atoms with Crippen molar-refractivity contribution in [3.8, 4) is 22.6 Å². The van der Waals surface area contributed by atoms with E-state index in [2.05, 4.69) is 16.9 Å². The second-order valence-corrected chi connectivity index (χ2v) is 5.87. The van der Waals surface area contributed by atoms with Crippen molar-refractivity contribution in [2.75, 3.05) is 14.2 Å². The third-order valence-electron chi connectivity index (χ3n) is 4.08. The summed E-state index contributed by atoms with van der Waals surface area (Å²) in [6.45, 7) is 3.96. The molecule has 0 saturated heterocycles. The first-order chi connectivity index (χ1) is 11.6. The summed E-state index contributed by atoms with van der Waals surface area (Å²) in [6, 6.07) is 7.89. The molecule has 0 aliphatic carbocycles. The molecule has 24 heavy (non-hydrogen) atoms. The van der Waals surface area contributed by atoms with Gasteiger partial charge in [-0.25, -0.2) is 9.97 Å². The van der Waals surface area contributed by atoms with Gasteiger partial charge in [0.2, 0.25) is 0 Å². The van der Waals surface area contributed by atoms with E-state index in [0.717, 1.165) is 45.6 Å². The van der Waals surface area contributed by atoms with Gasteiger partial charge in [0.15, 0.2) is 0 Å². The lowest BCUT2D eigenvalue weighted by molar-refractivity contribution is 0.392. The first-order valence-corrected chi connectivity index (χ1v) is 8.14. The zero-order valence-electron chi connectivity index (χ0n) is 14.2. The molecule has 5 heteroatoms. The Morgan fingerprint density at radius 3 is 2.50 bits per heavy atom. The van der Waals surface area contributed by atoms with Crippen molar-refractivity contribution < 1.29 is 9.47 Å². The van der Waals surface area contributed by atoms with Crippen LogP contribution in [0.1, 0.15) is 18.3 Å². The minimum absolute atomic E-state index is 0.586. The summed E-state index contributed by atoms with van der Waals surface area (Å²) in [7, 11) is 3.26. The largest absolute Gasteiger partial charge is 0.496 e. The van der Waals surface area contributed by atoms with Gasteiger partial charge in [-0.1, -0.05) is 24.6 Å². The molecule has 0 fully saturated rings. The van der Waals surface area contributed by atoms with E-state index in [1.165, 1.54) is 0 Å². The van der Waals surface area contributed by atoms with E-state index in [9.17, 15) is 0 Å². The van der Waals surface area contributed by atoms with Crippen molar-refractivity contribution in [2.45, 2.75) is 20.3 Å². The first-order valence-electron chi connectivity index (χ1n) is 7.76. The summed E-state index contributed by atoms with van der Waals surface area (Å²) >= 11 is 6.62. The highest BCUT2D eigenvalue weighted by molar-refractivity contribution is 6.35. The monoisotopic (exact) mass is 342 g/mol. The van der Waals surface area contributed by atoms with Gasteiger partial charge in [0, 0.05) is 28.8 Å². The van der Waals surface area contributed by atoms with E-state index in [1.807, 2.05) is 37.4 Å². The number of aryl methyl sites for hydroxylation is 1. The van der Waals surface area contributed by atoms with Crippen LogP contribution in [0.15, 0.2) is 30.5 Å². The van der Waals surface area contributed by atoms with E-state index in [-0.39, 0.29) is 0 Å². The highest BCUT2D eigenvalue weighted by Crippen LogP contribution is 2.43. The van der Waals surface area contributed by atoms with Gasteiger partial charge in [-0.3, -0.25) is 0 Å². The molecule has 0 N–H and O–H groups in total. The van der Waals surface area contributed by atoms with E-state index in [1.54, 1.807) is 14.2 Å². The van der Waals surface area contributed by atoms with Crippen LogP contribution in [0.5, 0.6) is 11.5 Å². The molecule has 1 aromatic heterocycles. The zero-order chi connectivity index (χ0) is 17.3. The van der Waals surface area contributed by atoms with E-state index in [4.69, 9.17) is 21.1 Å². The fourth-order valence-electron chi connectivity index (χ4n) is 2.91. The number of hydrogen-bond acceptors (Lipinski definition) is 4. The fourth-order valence-corrected chi connectivity index (χ4v) is 3.27. The molecule has 0 radical (unpaired) electrons. The van der Waals surface area contributed by atoms with Crippen molar-refractivity contribution >= 4 is 22.5 Å². The molecule has 1 heterocycles. The molecule has 4 nitrogen and oxygen atoms in total. The molecule has 2 aromatic carbocycles. The maximum atomic E-state index is 6.62. The van der Waals surface area contributed by atoms with Crippen LogP contribution in [-0.2, 0) is 6.42 Å². The summed E-state index contributed by atoms with van der Waals surface area (Å²) in [5, 5.41) is 1.56. The molecule has 3 aromatic rings. The lowest BCUT2D eigenvalue weighted by Gasteiger charge is -2.18. The van der Waals surface area contributed by atoms with E-state index < -0.39 is 0 Å². The number of ether oxygens (including phenoxy) is 2. The topological polar surface area (TPSA) is 44.2 Å². The normalized spacial score (nSPS) is 10.9. The van der Waals surface area contributed by atoms with Gasteiger partial charge < -0.3 is 9.47 Å². The third-order valence-corrected chi connectivity index (χ3v) is 4.45. The van der Waals surface area contributed by atoms with Crippen LogP contribution < -0.4 is 9.47 Å². The SMILES string of the molecule is CCc1c(OC)cc(OC)c(Cl)c1-c1ccc2nc(C)ncc2c1. The smallest absolute Gasteiger partial charge is 0.141 e. The minimum Gasteiger partial charge on any atom is -0.496 e. The quantitative estimate of drug-likeness (QED) is 0.680. The molecule has 0 bridgehead atoms. The van der Waals surface area contributed by atoms with Gasteiger partial charge in [0.25, 0.3) is 0 Å². The predicted molar refractivity (Wildman–Crippen MR) is 97.2 cm³/mol. The molecular weight excluding hydrogens is 324 g/mol. The maximum absolute atomic E-state index is 6.62. The van der Waals surface area contributed by atoms with Gasteiger partial charge in [-0.2, -0.15) is 0 Å². The number of halogens is 1. The number of aromatic nitrogens is 2. The number of hydrogen-bond donors (Lipinski definition) is 0. The lowest BCUT2D eigenvalue weighted by atomic mass is 9.95. The van der Waals surface area contributed by atoms with Crippen LogP contribution in [0.4, 0.5) is 0 Å². The average molecular weight is 343 g/mol. The lowest BCUT2D eigenvalue weighted by Crippen LogP contribution is -1.98. The van der Waals surface area contributed by atoms with Crippen molar-refractivity contribution in [3.05, 3.63) is 46.9 Å². The molecular formula is C19H19ClN2O2. The van der Waals surface area contributed by atoms with Gasteiger partial charge in [0.1, 0.15) is 17.3 Å². The van der Waals surface area contributed by atoms with Crippen LogP contribution in [0.3, 0.4) is 0 Å². The molecule has 0 saturated carbocycles. The molecule has 0 unspecified atom stereocenters. The fraction of sp³-hybridized carbons (Fsp3) is 0.263. The van der Waals surface area contributed by atoms with Crippen LogP contribution >= 0.6 is 11.6 Å². The van der Waals surface area contributed by atoms with Crippen molar-refractivity contribution in [1.29, 1.82) is 0 Å². The molecule has 0 aliphatic rings. The van der Waals surface area contributed by atoms with Crippen molar-refractivity contribution in [1.82, 2.24) is 9.97 Å². The second kappa shape index (κ2) is 6.65. The van der Waals surface area contributed by atoms with Gasteiger partial charge in [-0.05, 0) is 31.0 Å². The summed E-state index contributed by atoms with van der Waals surface area (Å²) in [5.74, 6) is 2.13. The minimum atomic E-state index is 0.586. The average Bonchev–Trinajstić information content (AvgIpc) is 2.60. The standard InChI is InChI=1S/C19H19ClN2O2/c1-5-14-16(23-3)9-17(24-4)19(20)18(14)12-6-7-15-13(8-12)10-21-11(2)22-15/h6-10H,5H2,1-4H3. The van der Waals surface area contributed by atoms with E-state index >= 15 is 0 Å². The highest BCUT2D eigenvalue weighted by Gasteiger charge is 2.19. The first kappa shape index (κ1) is 16.5. The maximum Gasteiger partial charge on any atom is 0.141 e. The van der Waals surface area contributed by atoms with Crippen molar-refractivity contribution in [2.24, 2.45) is 0 Å². The Kier molecular flexibility index (Phi) is 4.58. The Morgan fingerprint density at radius 2 is 1.83 bits per heavy atom. The Hall–Kier alpha value is -2.33. The number of rotatable bonds is 4. The number of methoxy groups -OCH3 is 2. The van der Waals surface area contributed by atoms with Gasteiger partial charge in [0.05, 0.1) is 24.8 Å². The molecule has 124 valence electrons. The van der Waals surface area contributed by atoms with Crippen LogP contribution in [0.25, 0.3) is 22.0 Å². The second-order valence-electron chi connectivity index (χ2n) is 5.49. The van der Waals surface area contributed by atoms with Crippen LogP contribution in [0, 0.1) is 6.92 Å². The molecule has 0 amide bonds. The zero-order valence-corrected chi connectivity index (χ0v) is 14.9. The number of benzene rings is 2. The summed E-state index contributed by atoms with van der Waals surface area (Å²) in [4.78, 5) is 8.73. The Labute approximate surface area is 146 Å². The molecule has 0 spiro atoms. The highest BCUT2D eigenvalue weighted by atomic mass is 35.5. The Balaban J connectivity index is 2.29.